The third kappa shape index (κ3) is 71.8. The maximum atomic E-state index is 13.1. The van der Waals surface area contributed by atoms with Gasteiger partial charge in [-0.3, -0.25) is 37.3 Å². The average Bonchev–Trinajstić information content (AvgIpc) is 1.06. The van der Waals surface area contributed by atoms with Crippen LogP contribution in [0, 0.1) is 0 Å². The summed E-state index contributed by atoms with van der Waals surface area (Å²) in [6.45, 7) is 4.50. The summed E-state index contributed by atoms with van der Waals surface area (Å²) in [7, 11) is -9.98. The summed E-state index contributed by atoms with van der Waals surface area (Å²) in [5.41, 5.74) is 0. The van der Waals surface area contributed by atoms with Gasteiger partial charge in [-0.15, -0.1) is 0 Å². The molecule has 0 aromatic rings. The van der Waals surface area contributed by atoms with E-state index >= 15 is 0 Å². The fourth-order valence-corrected chi connectivity index (χ4v) is 11.7. The van der Waals surface area contributed by atoms with E-state index in [9.17, 15) is 43.2 Å². The highest BCUT2D eigenvalue weighted by Crippen LogP contribution is 2.45. The Morgan fingerprint density at radius 2 is 0.550 bits per heavy atom. The molecule has 0 saturated heterocycles. The molecule has 5 atom stereocenters. The summed E-state index contributed by atoms with van der Waals surface area (Å²) in [4.78, 5) is 72.9. The van der Waals surface area contributed by atoms with Crippen LogP contribution in [0.1, 0.15) is 310 Å². The molecule has 0 spiro atoms. The number of phosphoric ester groups is 2. The lowest BCUT2D eigenvalue weighted by Gasteiger charge is -2.21. The Kier molecular flexibility index (Phi) is 69.5. The van der Waals surface area contributed by atoms with E-state index in [1.54, 1.807) is 0 Å². The highest BCUT2D eigenvalue weighted by atomic mass is 31.2. The second kappa shape index (κ2) is 72.8. The van der Waals surface area contributed by atoms with E-state index in [1.165, 1.54) is 70.6 Å². The molecule has 3 N–H and O–H groups in total. The van der Waals surface area contributed by atoms with Crippen molar-refractivity contribution in [2.45, 2.75) is 329 Å². The molecule has 0 fully saturated rings. The van der Waals surface area contributed by atoms with Gasteiger partial charge in [0, 0.05) is 25.7 Å². The van der Waals surface area contributed by atoms with Crippen LogP contribution < -0.4 is 0 Å². The first-order valence-corrected chi connectivity index (χ1v) is 41.8. The molecule has 100 heavy (non-hydrogen) atoms. The number of esters is 4. The van der Waals surface area contributed by atoms with E-state index in [2.05, 4.69) is 137 Å². The van der Waals surface area contributed by atoms with Gasteiger partial charge in [-0.05, 0) is 122 Å². The van der Waals surface area contributed by atoms with Crippen molar-refractivity contribution >= 4 is 39.5 Å². The van der Waals surface area contributed by atoms with Gasteiger partial charge in [0.2, 0.25) is 0 Å². The molecule has 0 amide bonds. The SMILES string of the molecule is CC/C=C\C/C=C\C/C=C\C/C=C\C/C=C\CCCC(=O)OCC(COP(=O)(O)OCC(O)COP(=O)(O)OCC(COC(=O)CCCCCCCCCCCCCCCCC)OC(=O)CCCCCCC/C=C\C/C=C\CCC)OC(=O)CCCCCCC/C=C\C/C=C\C/C=C\CC. The van der Waals surface area contributed by atoms with E-state index in [-0.39, 0.29) is 25.7 Å². The number of carbonyl (C=O) groups excluding carboxylic acids is 4. The number of aliphatic hydroxyl groups is 1. The number of unbranched alkanes of at least 4 members (excludes halogenated alkanes) is 26. The van der Waals surface area contributed by atoms with Gasteiger partial charge < -0.3 is 33.8 Å². The van der Waals surface area contributed by atoms with Crippen molar-refractivity contribution in [3.8, 4) is 0 Å². The van der Waals surface area contributed by atoms with E-state index in [1.807, 2.05) is 12.2 Å². The van der Waals surface area contributed by atoms with Crippen LogP contribution in [0.25, 0.3) is 0 Å². The minimum atomic E-state index is -4.99. The maximum Gasteiger partial charge on any atom is 0.472 e. The van der Waals surface area contributed by atoms with Crippen molar-refractivity contribution < 1.29 is 80.2 Å². The zero-order chi connectivity index (χ0) is 73.2. The molecule has 17 nitrogen and oxygen atoms in total. The van der Waals surface area contributed by atoms with Crippen LogP contribution in [0.15, 0.2) is 122 Å². The number of carbonyl (C=O) groups is 4. The number of rotatable bonds is 72. The predicted octanol–water partition coefficient (Wildman–Crippen LogP) is 22.3. The zero-order valence-electron chi connectivity index (χ0n) is 62.6. The van der Waals surface area contributed by atoms with Gasteiger partial charge in [-0.25, -0.2) is 9.13 Å². The second-order valence-corrected chi connectivity index (χ2v) is 28.4. The fourth-order valence-electron chi connectivity index (χ4n) is 10.1. The number of phosphoric acid groups is 2. The van der Waals surface area contributed by atoms with Crippen molar-refractivity contribution in [3.63, 3.8) is 0 Å². The van der Waals surface area contributed by atoms with E-state index < -0.39 is 97.5 Å². The molecule has 0 heterocycles. The molecule has 0 aromatic carbocycles. The van der Waals surface area contributed by atoms with Crippen LogP contribution in [-0.2, 0) is 65.4 Å². The summed E-state index contributed by atoms with van der Waals surface area (Å²) in [6.07, 6.45) is 79.1. The number of allylic oxidation sites excluding steroid dienone is 20. The van der Waals surface area contributed by atoms with Crippen LogP contribution in [-0.4, -0.2) is 96.7 Å². The molecule has 0 aliphatic carbocycles. The molecule has 574 valence electrons. The Morgan fingerprint density at radius 1 is 0.290 bits per heavy atom. The van der Waals surface area contributed by atoms with Crippen LogP contribution in [0.5, 0.6) is 0 Å². The number of aliphatic hydroxyl groups excluding tert-OH is 1. The third-order valence-corrected chi connectivity index (χ3v) is 17.8. The fraction of sp³-hybridized carbons (Fsp3) is 0.704. The van der Waals surface area contributed by atoms with Gasteiger partial charge in [-0.2, -0.15) is 0 Å². The molecule has 0 bridgehead atoms. The van der Waals surface area contributed by atoms with Crippen molar-refractivity contribution in [3.05, 3.63) is 122 Å². The summed E-state index contributed by atoms with van der Waals surface area (Å²) in [5, 5.41) is 10.6. The number of hydrogen-bond donors (Lipinski definition) is 3. The lowest BCUT2D eigenvalue weighted by Crippen LogP contribution is -2.30. The molecule has 0 aliphatic heterocycles. The predicted molar refractivity (Wildman–Crippen MR) is 408 cm³/mol. The number of hydrogen-bond acceptors (Lipinski definition) is 15. The molecule has 0 aliphatic rings. The summed E-state index contributed by atoms with van der Waals surface area (Å²) in [6, 6.07) is 0. The molecule has 0 saturated carbocycles. The second-order valence-electron chi connectivity index (χ2n) is 25.5. The van der Waals surface area contributed by atoms with Crippen molar-refractivity contribution in [1.82, 2.24) is 0 Å². The molecule has 5 unspecified atom stereocenters. The Bertz CT molecular complexity index is 2370. The van der Waals surface area contributed by atoms with Crippen molar-refractivity contribution in [2.75, 3.05) is 39.6 Å². The molecule has 19 heteroatoms. The Balaban J connectivity index is 5.41. The molecular weight excluding hydrogens is 1310 g/mol. The minimum Gasteiger partial charge on any atom is -0.462 e. The highest BCUT2D eigenvalue weighted by Gasteiger charge is 2.30. The van der Waals surface area contributed by atoms with Gasteiger partial charge in [0.1, 0.15) is 19.3 Å². The van der Waals surface area contributed by atoms with Crippen molar-refractivity contribution in [2.24, 2.45) is 0 Å². The summed E-state index contributed by atoms with van der Waals surface area (Å²) in [5.74, 6) is -2.27. The average molecular weight is 1450 g/mol. The van der Waals surface area contributed by atoms with Gasteiger partial charge in [-0.1, -0.05) is 284 Å². The van der Waals surface area contributed by atoms with Gasteiger partial charge in [0.15, 0.2) is 12.2 Å². The quantitative estimate of drug-likeness (QED) is 0.0169. The van der Waals surface area contributed by atoms with Gasteiger partial charge >= 0.3 is 39.5 Å². The third-order valence-electron chi connectivity index (χ3n) is 15.9. The molecule has 0 rings (SSSR count). The van der Waals surface area contributed by atoms with Gasteiger partial charge in [0.05, 0.1) is 26.4 Å². The normalized spacial score (nSPS) is 14.6. The lowest BCUT2D eigenvalue weighted by molar-refractivity contribution is -0.161. The largest absolute Gasteiger partial charge is 0.472 e. The number of ether oxygens (including phenoxy) is 4. The van der Waals surface area contributed by atoms with E-state index in [0.29, 0.717) is 32.1 Å². The Hall–Kier alpha value is -4.54. The Labute approximate surface area is 606 Å². The first-order chi connectivity index (χ1) is 48.7. The molecule has 0 radical (unpaired) electrons. The first-order valence-electron chi connectivity index (χ1n) is 38.8. The van der Waals surface area contributed by atoms with E-state index in [0.717, 1.165) is 154 Å². The van der Waals surface area contributed by atoms with Crippen LogP contribution in [0.4, 0.5) is 0 Å². The maximum absolute atomic E-state index is 13.1. The molecular formula is C81H138O17P2. The topological polar surface area (TPSA) is 237 Å². The lowest BCUT2D eigenvalue weighted by atomic mass is 10.0. The minimum absolute atomic E-state index is 0.0606. The smallest absolute Gasteiger partial charge is 0.462 e. The highest BCUT2D eigenvalue weighted by molar-refractivity contribution is 7.47. The van der Waals surface area contributed by atoms with Crippen LogP contribution >= 0.6 is 15.6 Å². The zero-order valence-corrected chi connectivity index (χ0v) is 64.4. The Morgan fingerprint density at radius 3 is 0.880 bits per heavy atom. The van der Waals surface area contributed by atoms with E-state index in [4.69, 9.17) is 37.0 Å². The van der Waals surface area contributed by atoms with Crippen LogP contribution in [0.2, 0.25) is 0 Å². The van der Waals surface area contributed by atoms with Gasteiger partial charge in [0.25, 0.3) is 0 Å². The summed E-state index contributed by atoms with van der Waals surface area (Å²) >= 11 is 0. The standard InChI is InChI=1S/C81H138O17P2/c1-5-9-13-17-21-25-29-33-36-37-40-43-46-50-54-58-62-66-79(84)92-72-77(98-81(86)68-64-60-56-52-48-44-39-35-31-27-23-19-15-11-7-3)74-96-100(89,90)94-70-75(82)69-93-99(87,88)95-73-76(97-80(85)67-63-59-55-51-47-41-32-28-24-20-16-12-8-4)71-91-78(83)65-61-57-53-49-45-42-38-34-30-26-22-18-14-10-6-2/h9,11,13,15-16,20-21,23,25,27-28,32-33,35-36,39-40,43,50,54,75-77,82H,5-8,10,12,14,17-19,22,24,26,29-31,34,37-38,41-42,44-49,51-53,55-74H2,1-4H3,(H,87,88)(H,89,90)/b13-9-,15-11-,20-16-,25-21-,27-23-,32-28-,36-33-,39-35-,43-40-,54-50-. The monoisotopic (exact) mass is 1440 g/mol. The first kappa shape index (κ1) is 95.5. The molecule has 0 aromatic heterocycles. The summed E-state index contributed by atoms with van der Waals surface area (Å²) < 4.78 is 68.4. The van der Waals surface area contributed by atoms with Crippen molar-refractivity contribution in [1.29, 1.82) is 0 Å². The van der Waals surface area contributed by atoms with Crippen LogP contribution in [0.3, 0.4) is 0 Å².